The number of rotatable bonds is 2. The van der Waals surface area contributed by atoms with Crippen molar-refractivity contribution in [3.63, 3.8) is 0 Å². The topological polar surface area (TPSA) is 20.2 Å². The summed E-state index contributed by atoms with van der Waals surface area (Å²) >= 11 is 0. The average molecular weight is 286 g/mol. The fourth-order valence-electron chi connectivity index (χ4n) is 5.19. The van der Waals surface area contributed by atoms with Gasteiger partial charge in [-0.2, -0.15) is 0 Å². The number of benzene rings is 1. The van der Waals surface area contributed by atoms with Crippen LogP contribution in [0.2, 0.25) is 0 Å². The molecule has 1 nitrogen and oxygen atoms in total. The van der Waals surface area contributed by atoms with Gasteiger partial charge >= 0.3 is 0 Å². The Labute approximate surface area is 129 Å². The molecule has 3 rings (SSSR count). The molecule has 1 saturated carbocycles. The minimum atomic E-state index is 0.113. The first-order valence-corrected chi connectivity index (χ1v) is 8.65. The van der Waals surface area contributed by atoms with Crippen molar-refractivity contribution < 1.29 is 5.11 Å². The maximum Gasteiger partial charge on any atom is 0.0487 e. The molecule has 1 fully saturated rings. The molecule has 1 unspecified atom stereocenters. The standard InChI is InChI=1S/C20H30O/c1-14(2)15-6-8-17-16(12-15)7-9-18-19(3,13-21)10-5-11-20(17,18)4/h6,8,12,14,18,21H,5,7,9-11,13H2,1-4H3/t18?,19-,20+/m0/s1. The Hall–Kier alpha value is -0.820. The molecule has 2 aliphatic carbocycles. The number of aliphatic hydroxyl groups is 1. The van der Waals surface area contributed by atoms with Gasteiger partial charge in [0.2, 0.25) is 0 Å². The summed E-state index contributed by atoms with van der Waals surface area (Å²) < 4.78 is 0. The number of hydrogen-bond donors (Lipinski definition) is 1. The quantitative estimate of drug-likeness (QED) is 0.827. The van der Waals surface area contributed by atoms with Crippen LogP contribution in [-0.4, -0.2) is 11.7 Å². The first-order valence-electron chi connectivity index (χ1n) is 8.65. The molecule has 0 heterocycles. The second-order valence-corrected chi connectivity index (χ2v) is 8.25. The highest BCUT2D eigenvalue weighted by molar-refractivity contribution is 5.42. The van der Waals surface area contributed by atoms with Gasteiger partial charge in [0.1, 0.15) is 0 Å². The highest BCUT2D eigenvalue weighted by Crippen LogP contribution is 2.57. The van der Waals surface area contributed by atoms with Gasteiger partial charge in [0, 0.05) is 6.61 Å². The zero-order chi connectivity index (χ0) is 15.3. The van der Waals surface area contributed by atoms with Crippen LogP contribution in [0.1, 0.15) is 76.0 Å². The van der Waals surface area contributed by atoms with Crippen molar-refractivity contribution in [1.29, 1.82) is 0 Å². The van der Waals surface area contributed by atoms with Crippen LogP contribution in [0.5, 0.6) is 0 Å². The average Bonchev–Trinajstić information content (AvgIpc) is 2.46. The van der Waals surface area contributed by atoms with E-state index in [1.54, 1.807) is 11.1 Å². The summed E-state index contributed by atoms with van der Waals surface area (Å²) in [7, 11) is 0. The fraction of sp³-hybridized carbons (Fsp3) is 0.700. The smallest absolute Gasteiger partial charge is 0.0487 e. The maximum atomic E-state index is 9.97. The molecule has 2 aliphatic rings. The number of aryl methyl sites for hydroxylation is 1. The van der Waals surface area contributed by atoms with Crippen LogP contribution in [0.3, 0.4) is 0 Å². The van der Waals surface area contributed by atoms with Gasteiger partial charge in [0.05, 0.1) is 0 Å². The van der Waals surface area contributed by atoms with Crippen molar-refractivity contribution >= 4 is 0 Å². The summed E-state index contributed by atoms with van der Waals surface area (Å²) in [6.07, 6.45) is 6.13. The number of fused-ring (bicyclic) bond motifs is 3. The highest BCUT2D eigenvalue weighted by Gasteiger charge is 2.51. The molecule has 0 saturated heterocycles. The molecule has 1 aromatic rings. The molecule has 3 atom stereocenters. The molecule has 0 aliphatic heterocycles. The second kappa shape index (κ2) is 5.12. The molecule has 1 heteroatoms. The molecular weight excluding hydrogens is 256 g/mol. The lowest BCUT2D eigenvalue weighted by Gasteiger charge is -2.55. The first kappa shape index (κ1) is 15.1. The number of hydrogen-bond acceptors (Lipinski definition) is 1. The van der Waals surface area contributed by atoms with Crippen LogP contribution >= 0.6 is 0 Å². The third kappa shape index (κ3) is 2.25. The number of aliphatic hydroxyl groups excluding tert-OH is 1. The van der Waals surface area contributed by atoms with Gasteiger partial charge in [0.25, 0.3) is 0 Å². The third-order valence-electron chi connectivity index (χ3n) is 6.53. The zero-order valence-corrected chi connectivity index (χ0v) is 14.1. The van der Waals surface area contributed by atoms with Gasteiger partial charge in [-0.05, 0) is 65.0 Å². The van der Waals surface area contributed by atoms with Crippen molar-refractivity contribution in [3.8, 4) is 0 Å². The van der Waals surface area contributed by atoms with Crippen LogP contribution in [0, 0.1) is 11.3 Å². The van der Waals surface area contributed by atoms with Crippen LogP contribution in [0.25, 0.3) is 0 Å². The summed E-state index contributed by atoms with van der Waals surface area (Å²) in [6.45, 7) is 9.66. The molecule has 1 aromatic carbocycles. The normalized spacial score (nSPS) is 35.4. The largest absolute Gasteiger partial charge is 0.396 e. The molecule has 0 spiro atoms. The Morgan fingerprint density at radius 2 is 2.00 bits per heavy atom. The van der Waals surface area contributed by atoms with Crippen LogP contribution < -0.4 is 0 Å². The van der Waals surface area contributed by atoms with Crippen molar-refractivity contribution in [2.45, 2.75) is 71.1 Å². The molecule has 21 heavy (non-hydrogen) atoms. The molecule has 0 aromatic heterocycles. The minimum absolute atomic E-state index is 0.113. The van der Waals surface area contributed by atoms with Crippen LogP contribution in [0.4, 0.5) is 0 Å². The fourth-order valence-corrected chi connectivity index (χ4v) is 5.19. The minimum Gasteiger partial charge on any atom is -0.396 e. The van der Waals surface area contributed by atoms with Gasteiger partial charge in [-0.15, -0.1) is 0 Å². The molecule has 1 N–H and O–H groups in total. The molecular formula is C20H30O. The van der Waals surface area contributed by atoms with E-state index in [1.165, 1.54) is 37.7 Å². The lowest BCUT2D eigenvalue weighted by atomic mass is 9.50. The summed E-state index contributed by atoms with van der Waals surface area (Å²) in [6, 6.07) is 7.19. The van der Waals surface area contributed by atoms with Gasteiger partial charge in [-0.3, -0.25) is 0 Å². The summed E-state index contributed by atoms with van der Waals surface area (Å²) in [5, 5.41) is 9.97. The lowest BCUT2D eigenvalue weighted by Crippen LogP contribution is -2.50. The van der Waals surface area contributed by atoms with E-state index < -0.39 is 0 Å². The Bertz CT molecular complexity index is 533. The molecule has 116 valence electrons. The monoisotopic (exact) mass is 286 g/mol. The SMILES string of the molecule is CC(C)c1ccc2c(c1)CCC1[C@](C)(CO)CCC[C@]21C. The van der Waals surface area contributed by atoms with Crippen LogP contribution in [0.15, 0.2) is 18.2 Å². The van der Waals surface area contributed by atoms with Crippen LogP contribution in [-0.2, 0) is 11.8 Å². The molecule has 0 bridgehead atoms. The van der Waals surface area contributed by atoms with Crippen molar-refractivity contribution in [2.24, 2.45) is 11.3 Å². The second-order valence-electron chi connectivity index (χ2n) is 8.25. The molecule has 0 amide bonds. The summed E-state index contributed by atoms with van der Waals surface area (Å²) in [5.74, 6) is 1.23. The van der Waals surface area contributed by atoms with E-state index in [9.17, 15) is 5.11 Å². The van der Waals surface area contributed by atoms with E-state index >= 15 is 0 Å². The summed E-state index contributed by atoms with van der Waals surface area (Å²) in [4.78, 5) is 0. The van der Waals surface area contributed by atoms with Gasteiger partial charge < -0.3 is 5.11 Å². The Balaban J connectivity index is 2.05. The van der Waals surface area contributed by atoms with Gasteiger partial charge in [-0.1, -0.05) is 52.3 Å². The lowest BCUT2D eigenvalue weighted by molar-refractivity contribution is -0.0179. The molecule has 0 radical (unpaired) electrons. The van der Waals surface area contributed by atoms with E-state index in [0.717, 1.165) is 0 Å². The van der Waals surface area contributed by atoms with E-state index in [1.807, 2.05) is 0 Å². The predicted molar refractivity (Wildman–Crippen MR) is 88.7 cm³/mol. The highest BCUT2D eigenvalue weighted by atomic mass is 16.3. The van der Waals surface area contributed by atoms with Crippen molar-refractivity contribution in [3.05, 3.63) is 34.9 Å². The van der Waals surface area contributed by atoms with Crippen molar-refractivity contribution in [2.75, 3.05) is 6.61 Å². The van der Waals surface area contributed by atoms with E-state index in [2.05, 4.69) is 45.9 Å². The van der Waals surface area contributed by atoms with Gasteiger partial charge in [0.15, 0.2) is 0 Å². The van der Waals surface area contributed by atoms with E-state index in [0.29, 0.717) is 18.4 Å². The zero-order valence-electron chi connectivity index (χ0n) is 14.1. The summed E-state index contributed by atoms with van der Waals surface area (Å²) in [5.41, 5.74) is 4.99. The van der Waals surface area contributed by atoms with Gasteiger partial charge in [-0.25, -0.2) is 0 Å². The van der Waals surface area contributed by atoms with Crippen molar-refractivity contribution in [1.82, 2.24) is 0 Å². The Morgan fingerprint density at radius 3 is 2.67 bits per heavy atom. The Kier molecular flexibility index (Phi) is 3.68. The Morgan fingerprint density at radius 1 is 1.24 bits per heavy atom. The third-order valence-corrected chi connectivity index (χ3v) is 6.53. The van der Waals surface area contributed by atoms with E-state index in [-0.39, 0.29) is 10.8 Å². The van der Waals surface area contributed by atoms with E-state index in [4.69, 9.17) is 0 Å². The predicted octanol–water partition coefficient (Wildman–Crippen LogP) is 4.81. The first-order chi connectivity index (χ1) is 9.90. The maximum absolute atomic E-state index is 9.97.